The first kappa shape index (κ1) is 12.4. The molecule has 0 aliphatic carbocycles. The van der Waals surface area contributed by atoms with E-state index < -0.39 is 27.3 Å². The fourth-order valence-corrected chi connectivity index (χ4v) is 3.47. The van der Waals surface area contributed by atoms with E-state index in [9.17, 15) is 18.3 Å². The van der Waals surface area contributed by atoms with Crippen molar-refractivity contribution in [2.75, 3.05) is 11.5 Å². The quantitative estimate of drug-likeness (QED) is 0.721. The SMILES string of the molecule is CCC(O)(C(=O)O)C1CCS(=O)(=O)CC1. The van der Waals surface area contributed by atoms with Gasteiger partial charge in [0.1, 0.15) is 9.84 Å². The molecule has 88 valence electrons. The summed E-state index contributed by atoms with van der Waals surface area (Å²) >= 11 is 0. The van der Waals surface area contributed by atoms with Crippen molar-refractivity contribution in [2.45, 2.75) is 31.8 Å². The molecule has 0 radical (unpaired) electrons. The Kier molecular flexibility index (Phi) is 3.40. The molecule has 1 fully saturated rings. The highest BCUT2D eigenvalue weighted by Crippen LogP contribution is 2.32. The standard InChI is InChI=1S/C9H16O5S/c1-2-9(12,8(10)11)7-3-5-15(13,14)6-4-7/h7,12H,2-6H2,1H3,(H,10,11). The van der Waals surface area contributed by atoms with Crippen molar-refractivity contribution < 1.29 is 23.4 Å². The van der Waals surface area contributed by atoms with Gasteiger partial charge >= 0.3 is 5.97 Å². The van der Waals surface area contributed by atoms with Crippen LogP contribution in [-0.2, 0) is 14.6 Å². The van der Waals surface area contributed by atoms with E-state index in [1.54, 1.807) is 6.92 Å². The Balaban J connectivity index is 2.78. The molecule has 0 spiro atoms. The van der Waals surface area contributed by atoms with Gasteiger partial charge in [-0.2, -0.15) is 0 Å². The normalized spacial score (nSPS) is 25.7. The summed E-state index contributed by atoms with van der Waals surface area (Å²) in [7, 11) is -3.01. The molecule has 5 nitrogen and oxygen atoms in total. The van der Waals surface area contributed by atoms with Crippen molar-refractivity contribution in [1.82, 2.24) is 0 Å². The van der Waals surface area contributed by atoms with Gasteiger partial charge in [-0.3, -0.25) is 0 Å². The fourth-order valence-electron chi connectivity index (χ4n) is 1.98. The molecule has 0 bridgehead atoms. The highest BCUT2D eigenvalue weighted by molar-refractivity contribution is 7.91. The average molecular weight is 236 g/mol. The molecule has 0 aromatic carbocycles. The van der Waals surface area contributed by atoms with Crippen LogP contribution in [0.5, 0.6) is 0 Å². The summed E-state index contributed by atoms with van der Waals surface area (Å²) in [6, 6.07) is 0. The average Bonchev–Trinajstić information content (AvgIpc) is 2.16. The summed E-state index contributed by atoms with van der Waals surface area (Å²) in [5, 5.41) is 18.8. The molecule has 0 saturated carbocycles. The Bertz CT molecular complexity index is 334. The number of hydrogen-bond donors (Lipinski definition) is 2. The van der Waals surface area contributed by atoms with E-state index in [2.05, 4.69) is 0 Å². The molecule has 1 atom stereocenters. The Morgan fingerprint density at radius 2 is 1.87 bits per heavy atom. The van der Waals surface area contributed by atoms with E-state index in [0.29, 0.717) is 0 Å². The van der Waals surface area contributed by atoms with Crippen molar-refractivity contribution >= 4 is 15.8 Å². The molecule has 1 aliphatic rings. The Hall–Kier alpha value is -0.620. The second-order valence-electron chi connectivity index (χ2n) is 4.01. The third-order valence-corrected chi connectivity index (χ3v) is 4.85. The summed E-state index contributed by atoms with van der Waals surface area (Å²) in [5.41, 5.74) is -1.77. The van der Waals surface area contributed by atoms with Crippen molar-refractivity contribution in [3.63, 3.8) is 0 Å². The van der Waals surface area contributed by atoms with Crippen molar-refractivity contribution in [2.24, 2.45) is 5.92 Å². The largest absolute Gasteiger partial charge is 0.479 e. The Morgan fingerprint density at radius 3 is 2.20 bits per heavy atom. The Labute approximate surface area is 89.0 Å². The van der Waals surface area contributed by atoms with Gasteiger partial charge < -0.3 is 10.2 Å². The van der Waals surface area contributed by atoms with Crippen LogP contribution in [0.1, 0.15) is 26.2 Å². The van der Waals surface area contributed by atoms with Gasteiger partial charge in [0.25, 0.3) is 0 Å². The molecule has 2 N–H and O–H groups in total. The minimum absolute atomic E-state index is 0.0206. The molecule has 0 aromatic rings. The van der Waals surface area contributed by atoms with Crippen LogP contribution in [0.15, 0.2) is 0 Å². The number of aliphatic hydroxyl groups is 1. The van der Waals surface area contributed by atoms with E-state index in [4.69, 9.17) is 5.11 Å². The summed E-state index contributed by atoms with van der Waals surface area (Å²) in [6.07, 6.45) is 0.574. The molecule has 1 aliphatic heterocycles. The van der Waals surface area contributed by atoms with E-state index in [0.717, 1.165) is 0 Å². The molecular formula is C9H16O5S. The van der Waals surface area contributed by atoms with E-state index in [1.807, 2.05) is 0 Å². The summed E-state index contributed by atoms with van der Waals surface area (Å²) in [6.45, 7) is 1.59. The highest BCUT2D eigenvalue weighted by Gasteiger charge is 2.44. The first-order valence-corrected chi connectivity index (χ1v) is 6.80. The van der Waals surface area contributed by atoms with Crippen LogP contribution in [0.4, 0.5) is 0 Å². The highest BCUT2D eigenvalue weighted by atomic mass is 32.2. The van der Waals surface area contributed by atoms with Crippen LogP contribution in [0.2, 0.25) is 0 Å². The van der Waals surface area contributed by atoms with Crippen LogP contribution in [0.3, 0.4) is 0 Å². The zero-order chi connectivity index (χ0) is 11.7. The van der Waals surface area contributed by atoms with Gasteiger partial charge in [-0.25, -0.2) is 13.2 Å². The minimum atomic E-state index is -3.01. The third-order valence-electron chi connectivity index (χ3n) is 3.14. The lowest BCUT2D eigenvalue weighted by atomic mass is 9.81. The maximum Gasteiger partial charge on any atom is 0.335 e. The number of hydrogen-bond acceptors (Lipinski definition) is 4. The lowest BCUT2D eigenvalue weighted by molar-refractivity contribution is -0.166. The lowest BCUT2D eigenvalue weighted by Gasteiger charge is -2.33. The van der Waals surface area contributed by atoms with Crippen LogP contribution >= 0.6 is 0 Å². The maximum atomic E-state index is 11.2. The number of rotatable bonds is 3. The monoisotopic (exact) mass is 236 g/mol. The number of carboxylic acids is 1. The zero-order valence-electron chi connectivity index (χ0n) is 8.64. The first-order valence-electron chi connectivity index (χ1n) is 4.98. The van der Waals surface area contributed by atoms with Crippen molar-refractivity contribution in [3.8, 4) is 0 Å². The molecule has 1 rings (SSSR count). The van der Waals surface area contributed by atoms with E-state index >= 15 is 0 Å². The third kappa shape index (κ3) is 2.49. The minimum Gasteiger partial charge on any atom is -0.479 e. The van der Waals surface area contributed by atoms with Gasteiger partial charge in [-0.05, 0) is 19.3 Å². The van der Waals surface area contributed by atoms with Crippen LogP contribution in [-0.4, -0.2) is 41.7 Å². The second kappa shape index (κ2) is 4.09. The van der Waals surface area contributed by atoms with Gasteiger partial charge in [0.2, 0.25) is 0 Å². The van der Waals surface area contributed by atoms with Gasteiger partial charge in [0.15, 0.2) is 5.60 Å². The number of carboxylic acid groups (broad SMARTS) is 1. The Morgan fingerprint density at radius 1 is 1.40 bits per heavy atom. The number of sulfone groups is 1. The van der Waals surface area contributed by atoms with Crippen molar-refractivity contribution in [1.29, 1.82) is 0 Å². The van der Waals surface area contributed by atoms with Crippen molar-refractivity contribution in [3.05, 3.63) is 0 Å². The molecule has 1 saturated heterocycles. The van der Waals surface area contributed by atoms with Gasteiger partial charge in [0, 0.05) is 5.92 Å². The smallest absolute Gasteiger partial charge is 0.335 e. The van der Waals surface area contributed by atoms with Gasteiger partial charge in [0.05, 0.1) is 11.5 Å². The predicted molar refractivity (Wildman–Crippen MR) is 54.3 cm³/mol. The van der Waals surface area contributed by atoms with E-state index in [1.165, 1.54) is 0 Å². The topological polar surface area (TPSA) is 91.7 Å². The molecule has 1 heterocycles. The second-order valence-corrected chi connectivity index (χ2v) is 6.31. The van der Waals surface area contributed by atoms with E-state index in [-0.39, 0.29) is 30.8 Å². The molecule has 15 heavy (non-hydrogen) atoms. The summed E-state index contributed by atoms with van der Waals surface area (Å²) in [5.74, 6) is -1.75. The number of aliphatic carboxylic acids is 1. The molecule has 1 unspecified atom stereocenters. The maximum absolute atomic E-state index is 11.2. The molecule has 6 heteroatoms. The number of carbonyl (C=O) groups is 1. The van der Waals surface area contributed by atoms with Gasteiger partial charge in [-0.15, -0.1) is 0 Å². The lowest BCUT2D eigenvalue weighted by Crippen LogP contribution is -2.48. The summed E-state index contributed by atoms with van der Waals surface area (Å²) < 4.78 is 22.3. The molecular weight excluding hydrogens is 220 g/mol. The predicted octanol–water partition coefficient (Wildman–Crippen LogP) is 0.0369. The fraction of sp³-hybridized carbons (Fsp3) is 0.889. The van der Waals surface area contributed by atoms with Crippen LogP contribution < -0.4 is 0 Å². The molecule has 0 aromatic heterocycles. The molecule has 0 amide bonds. The van der Waals surface area contributed by atoms with Gasteiger partial charge in [-0.1, -0.05) is 6.92 Å². The van der Waals surface area contributed by atoms with Crippen LogP contribution in [0, 0.1) is 5.92 Å². The van der Waals surface area contributed by atoms with Crippen LogP contribution in [0.25, 0.3) is 0 Å². The zero-order valence-corrected chi connectivity index (χ0v) is 9.46. The first-order chi connectivity index (χ1) is 6.82. The summed E-state index contributed by atoms with van der Waals surface area (Å²) in [4.78, 5) is 10.9.